The van der Waals surface area contributed by atoms with Crippen LogP contribution in [0.1, 0.15) is 43.1 Å². The Morgan fingerprint density at radius 2 is 2.00 bits per heavy atom. The van der Waals surface area contributed by atoms with Crippen molar-refractivity contribution in [3.05, 3.63) is 18.1 Å². The Kier molecular flexibility index (Phi) is 3.85. The first kappa shape index (κ1) is 13.3. The van der Waals surface area contributed by atoms with E-state index in [-0.39, 0.29) is 5.91 Å². The van der Waals surface area contributed by atoms with Gasteiger partial charge in [-0.2, -0.15) is 0 Å². The molecule has 3 heterocycles. The Hall–Kier alpha value is -1.65. The van der Waals surface area contributed by atoms with Crippen molar-refractivity contribution >= 4 is 11.7 Å². The van der Waals surface area contributed by atoms with Crippen molar-refractivity contribution in [3.63, 3.8) is 0 Å². The Morgan fingerprint density at radius 1 is 1.20 bits per heavy atom. The molecule has 0 aliphatic carbocycles. The second-order valence-corrected chi connectivity index (χ2v) is 5.95. The summed E-state index contributed by atoms with van der Waals surface area (Å²) in [5.74, 6) is 1.54. The zero-order chi connectivity index (χ0) is 13.9. The summed E-state index contributed by atoms with van der Waals surface area (Å²) in [6.45, 7) is 5.97. The zero-order valence-electron chi connectivity index (χ0n) is 12.1. The molecular formula is C15H22N4O. The molecule has 0 N–H and O–H groups in total. The van der Waals surface area contributed by atoms with Crippen LogP contribution in [0.15, 0.2) is 12.4 Å². The third-order valence-corrected chi connectivity index (χ3v) is 4.25. The molecule has 1 unspecified atom stereocenters. The van der Waals surface area contributed by atoms with Gasteiger partial charge in [0.1, 0.15) is 17.8 Å². The highest BCUT2D eigenvalue weighted by Crippen LogP contribution is 2.20. The number of aromatic nitrogens is 2. The number of carbonyl (C=O) groups is 1. The lowest BCUT2D eigenvalue weighted by atomic mass is 10.00. The fourth-order valence-electron chi connectivity index (χ4n) is 3.12. The second-order valence-electron chi connectivity index (χ2n) is 5.95. The van der Waals surface area contributed by atoms with Crippen LogP contribution in [0, 0.1) is 5.92 Å². The number of nitrogens with zero attached hydrogens (tertiary/aromatic N) is 4. The molecule has 2 fully saturated rings. The molecule has 1 aromatic heterocycles. The third kappa shape index (κ3) is 2.76. The molecule has 0 spiro atoms. The van der Waals surface area contributed by atoms with E-state index in [9.17, 15) is 4.79 Å². The molecule has 108 valence electrons. The lowest BCUT2D eigenvalue weighted by Gasteiger charge is -2.30. The van der Waals surface area contributed by atoms with E-state index < -0.39 is 0 Å². The summed E-state index contributed by atoms with van der Waals surface area (Å²) in [6.07, 6.45) is 6.24. The molecule has 2 aliphatic rings. The van der Waals surface area contributed by atoms with Gasteiger partial charge in [0.05, 0.1) is 0 Å². The lowest BCUT2D eigenvalue weighted by molar-refractivity contribution is 0.0677. The lowest BCUT2D eigenvalue weighted by Crippen LogP contribution is -2.39. The molecule has 2 saturated heterocycles. The normalized spacial score (nSPS) is 23.1. The van der Waals surface area contributed by atoms with Crippen LogP contribution in [-0.4, -0.2) is 47.0 Å². The van der Waals surface area contributed by atoms with Crippen LogP contribution in [0.2, 0.25) is 0 Å². The first-order valence-electron chi connectivity index (χ1n) is 7.60. The van der Waals surface area contributed by atoms with E-state index in [1.807, 2.05) is 11.0 Å². The standard InChI is InChI=1S/C15H22N4O/c1-12-5-4-8-19(10-12)15(20)13-9-14(17-11-16-13)18-6-2-3-7-18/h9,11-12H,2-8,10H2,1H3. The van der Waals surface area contributed by atoms with Gasteiger partial charge in [0.15, 0.2) is 0 Å². The summed E-state index contributed by atoms with van der Waals surface area (Å²) in [5, 5.41) is 0. The van der Waals surface area contributed by atoms with Gasteiger partial charge in [-0.25, -0.2) is 9.97 Å². The number of carbonyl (C=O) groups excluding carboxylic acids is 1. The fraction of sp³-hybridized carbons (Fsp3) is 0.667. The predicted molar refractivity (Wildman–Crippen MR) is 77.8 cm³/mol. The van der Waals surface area contributed by atoms with Gasteiger partial charge < -0.3 is 9.80 Å². The second kappa shape index (κ2) is 5.77. The number of anilines is 1. The topological polar surface area (TPSA) is 49.3 Å². The average molecular weight is 274 g/mol. The van der Waals surface area contributed by atoms with E-state index in [0.717, 1.165) is 38.4 Å². The van der Waals surface area contributed by atoms with Crippen molar-refractivity contribution in [1.29, 1.82) is 0 Å². The van der Waals surface area contributed by atoms with Crippen LogP contribution in [0.3, 0.4) is 0 Å². The van der Waals surface area contributed by atoms with E-state index in [1.54, 1.807) is 0 Å². The quantitative estimate of drug-likeness (QED) is 0.827. The molecule has 2 aliphatic heterocycles. The number of likely N-dealkylation sites (tertiary alicyclic amines) is 1. The smallest absolute Gasteiger partial charge is 0.272 e. The fourth-order valence-corrected chi connectivity index (χ4v) is 3.12. The van der Waals surface area contributed by atoms with Crippen LogP contribution in [0.25, 0.3) is 0 Å². The molecule has 0 aromatic carbocycles. The highest BCUT2D eigenvalue weighted by Gasteiger charge is 2.24. The van der Waals surface area contributed by atoms with Gasteiger partial charge in [-0.1, -0.05) is 6.92 Å². The van der Waals surface area contributed by atoms with E-state index in [4.69, 9.17) is 0 Å². The Balaban J connectivity index is 1.75. The maximum atomic E-state index is 12.5. The minimum absolute atomic E-state index is 0.0550. The molecule has 0 saturated carbocycles. The summed E-state index contributed by atoms with van der Waals surface area (Å²) in [6, 6.07) is 1.85. The summed E-state index contributed by atoms with van der Waals surface area (Å²) < 4.78 is 0. The molecular weight excluding hydrogens is 252 g/mol. The molecule has 1 aromatic rings. The van der Waals surface area contributed by atoms with Crippen LogP contribution in [0.4, 0.5) is 5.82 Å². The van der Waals surface area contributed by atoms with Crippen LogP contribution < -0.4 is 4.90 Å². The number of hydrogen-bond acceptors (Lipinski definition) is 4. The highest BCUT2D eigenvalue weighted by molar-refractivity contribution is 5.93. The molecule has 0 bridgehead atoms. The Morgan fingerprint density at radius 3 is 2.75 bits per heavy atom. The SMILES string of the molecule is CC1CCCN(C(=O)c2cc(N3CCCC3)ncn2)C1. The van der Waals surface area contributed by atoms with Gasteiger partial charge in [-0.05, 0) is 31.6 Å². The van der Waals surface area contributed by atoms with Crippen molar-refractivity contribution in [1.82, 2.24) is 14.9 Å². The van der Waals surface area contributed by atoms with Gasteiger partial charge >= 0.3 is 0 Å². The molecule has 20 heavy (non-hydrogen) atoms. The predicted octanol–water partition coefficient (Wildman–Crippen LogP) is 1.95. The number of hydrogen-bond donors (Lipinski definition) is 0. The van der Waals surface area contributed by atoms with E-state index in [1.165, 1.54) is 25.6 Å². The van der Waals surface area contributed by atoms with Crippen LogP contribution in [0.5, 0.6) is 0 Å². The number of amides is 1. The van der Waals surface area contributed by atoms with Crippen LogP contribution >= 0.6 is 0 Å². The van der Waals surface area contributed by atoms with Crippen molar-refractivity contribution in [2.24, 2.45) is 5.92 Å². The summed E-state index contributed by atoms with van der Waals surface area (Å²) >= 11 is 0. The number of piperidine rings is 1. The van der Waals surface area contributed by atoms with E-state index >= 15 is 0 Å². The zero-order valence-corrected chi connectivity index (χ0v) is 12.1. The number of rotatable bonds is 2. The minimum atomic E-state index is 0.0550. The minimum Gasteiger partial charge on any atom is -0.357 e. The average Bonchev–Trinajstić information content (AvgIpc) is 3.01. The first-order valence-corrected chi connectivity index (χ1v) is 7.60. The maximum absolute atomic E-state index is 12.5. The van der Waals surface area contributed by atoms with Gasteiger partial charge in [-0.15, -0.1) is 0 Å². The molecule has 0 radical (unpaired) electrons. The van der Waals surface area contributed by atoms with Gasteiger partial charge in [0, 0.05) is 32.2 Å². The van der Waals surface area contributed by atoms with Crippen molar-refractivity contribution in [2.45, 2.75) is 32.6 Å². The van der Waals surface area contributed by atoms with Crippen molar-refractivity contribution in [3.8, 4) is 0 Å². The third-order valence-electron chi connectivity index (χ3n) is 4.25. The van der Waals surface area contributed by atoms with Crippen molar-refractivity contribution in [2.75, 3.05) is 31.1 Å². The highest BCUT2D eigenvalue weighted by atomic mass is 16.2. The summed E-state index contributed by atoms with van der Waals surface area (Å²) in [7, 11) is 0. The summed E-state index contributed by atoms with van der Waals surface area (Å²) in [5.41, 5.74) is 0.538. The summed E-state index contributed by atoms with van der Waals surface area (Å²) in [4.78, 5) is 25.2. The molecule has 1 amide bonds. The maximum Gasteiger partial charge on any atom is 0.272 e. The Labute approximate surface area is 120 Å². The molecule has 5 nitrogen and oxygen atoms in total. The van der Waals surface area contributed by atoms with Gasteiger partial charge in [0.25, 0.3) is 5.91 Å². The van der Waals surface area contributed by atoms with Crippen molar-refractivity contribution < 1.29 is 4.79 Å². The first-order chi connectivity index (χ1) is 9.74. The molecule has 3 rings (SSSR count). The largest absolute Gasteiger partial charge is 0.357 e. The molecule has 5 heteroatoms. The monoisotopic (exact) mass is 274 g/mol. The van der Waals surface area contributed by atoms with Crippen LogP contribution in [-0.2, 0) is 0 Å². The van der Waals surface area contributed by atoms with Gasteiger partial charge in [0.2, 0.25) is 0 Å². The molecule has 1 atom stereocenters. The van der Waals surface area contributed by atoms with E-state index in [0.29, 0.717) is 11.6 Å². The Bertz CT molecular complexity index is 485. The van der Waals surface area contributed by atoms with Gasteiger partial charge in [-0.3, -0.25) is 4.79 Å². The van der Waals surface area contributed by atoms with E-state index in [2.05, 4.69) is 21.8 Å².